The smallest absolute Gasteiger partial charge is 0.334 e. The molecule has 1 rings (SSSR count). The molecular weight excluding hydrogens is 246 g/mol. The van der Waals surface area contributed by atoms with E-state index < -0.39 is 8.56 Å². The van der Waals surface area contributed by atoms with Crippen molar-refractivity contribution in [1.29, 1.82) is 0 Å². The van der Waals surface area contributed by atoms with Gasteiger partial charge in [0.2, 0.25) is 0 Å². The first-order chi connectivity index (χ1) is 8.61. The van der Waals surface area contributed by atoms with E-state index in [0.717, 1.165) is 51.5 Å². The fraction of sp³-hybridized carbons (Fsp3) is 1.00. The van der Waals surface area contributed by atoms with E-state index in [2.05, 4.69) is 16.8 Å². The van der Waals surface area contributed by atoms with E-state index in [0.29, 0.717) is 0 Å². The molecule has 0 aliphatic carbocycles. The predicted octanol–water partition coefficient (Wildman–Crippen LogP) is 0.712. The Bertz CT molecular complexity index is 221. The second-order valence-electron chi connectivity index (χ2n) is 5.14. The van der Waals surface area contributed by atoms with Crippen molar-refractivity contribution in [3.63, 3.8) is 0 Å². The maximum absolute atomic E-state index is 6.21. The number of hydrogen-bond acceptors (Lipinski definition) is 5. The number of hydrogen-bond donors (Lipinski definition) is 2. The van der Waals surface area contributed by atoms with Crippen molar-refractivity contribution in [2.24, 2.45) is 5.73 Å². The van der Waals surface area contributed by atoms with Crippen LogP contribution in [0.3, 0.4) is 0 Å². The van der Waals surface area contributed by atoms with Crippen LogP contribution in [0.25, 0.3) is 0 Å². The molecule has 0 spiro atoms. The van der Waals surface area contributed by atoms with Crippen LogP contribution in [0.2, 0.25) is 12.6 Å². The van der Waals surface area contributed by atoms with Crippen LogP contribution in [-0.4, -0.2) is 60.0 Å². The lowest BCUT2D eigenvalue weighted by molar-refractivity contribution is 0.165. The van der Waals surface area contributed by atoms with E-state index in [-0.39, 0.29) is 6.17 Å². The predicted molar refractivity (Wildman–Crippen MR) is 76.7 cm³/mol. The molecule has 6 heteroatoms. The number of rotatable bonds is 8. The van der Waals surface area contributed by atoms with E-state index >= 15 is 0 Å². The highest BCUT2D eigenvalue weighted by atomic mass is 28.4. The zero-order valence-electron chi connectivity index (χ0n) is 12.1. The van der Waals surface area contributed by atoms with Crippen molar-refractivity contribution in [2.75, 3.05) is 40.4 Å². The average Bonchev–Trinajstić information content (AvgIpc) is 2.44. The molecule has 0 radical (unpaired) electrons. The normalized spacial score (nSPS) is 20.0. The van der Waals surface area contributed by atoms with Gasteiger partial charge >= 0.3 is 8.56 Å². The lowest BCUT2D eigenvalue weighted by Crippen LogP contribution is -2.51. The van der Waals surface area contributed by atoms with E-state index in [1.165, 1.54) is 0 Å². The molecule has 1 saturated heterocycles. The third-order valence-corrected chi connectivity index (χ3v) is 6.85. The van der Waals surface area contributed by atoms with Crippen molar-refractivity contribution >= 4 is 8.56 Å². The van der Waals surface area contributed by atoms with Crippen molar-refractivity contribution in [3.05, 3.63) is 0 Å². The summed E-state index contributed by atoms with van der Waals surface area (Å²) in [5.41, 5.74) is 6.21. The third kappa shape index (κ3) is 5.34. The molecule has 1 unspecified atom stereocenters. The minimum absolute atomic E-state index is 0.213. The van der Waals surface area contributed by atoms with Crippen LogP contribution in [-0.2, 0) is 8.85 Å². The number of nitrogens with one attached hydrogen (secondary N) is 1. The van der Waals surface area contributed by atoms with E-state index in [1.807, 2.05) is 0 Å². The van der Waals surface area contributed by atoms with Gasteiger partial charge in [0, 0.05) is 40.4 Å². The lowest BCUT2D eigenvalue weighted by Gasteiger charge is -2.32. The topological polar surface area (TPSA) is 59.8 Å². The Morgan fingerprint density at radius 3 is 2.39 bits per heavy atom. The van der Waals surface area contributed by atoms with E-state index in [4.69, 9.17) is 14.6 Å². The van der Waals surface area contributed by atoms with Gasteiger partial charge in [-0.3, -0.25) is 4.90 Å². The van der Waals surface area contributed by atoms with Crippen LogP contribution in [0, 0.1) is 0 Å². The summed E-state index contributed by atoms with van der Waals surface area (Å²) in [5, 5.41) is 3.35. The Kier molecular flexibility index (Phi) is 7.36. The highest BCUT2D eigenvalue weighted by Crippen LogP contribution is 2.17. The molecule has 108 valence electrons. The first-order valence-corrected chi connectivity index (χ1v) is 9.44. The fourth-order valence-electron chi connectivity index (χ4n) is 2.28. The Labute approximate surface area is 112 Å². The lowest BCUT2D eigenvalue weighted by atomic mass is 10.2. The number of piperazine rings is 1. The molecule has 1 aliphatic heterocycles. The second kappa shape index (κ2) is 8.24. The summed E-state index contributed by atoms with van der Waals surface area (Å²) >= 11 is 0. The summed E-state index contributed by atoms with van der Waals surface area (Å²) < 4.78 is 11.0. The van der Waals surface area contributed by atoms with Crippen LogP contribution in [0.4, 0.5) is 0 Å². The highest BCUT2D eigenvalue weighted by molar-refractivity contribution is 6.65. The molecule has 1 atom stereocenters. The van der Waals surface area contributed by atoms with Gasteiger partial charge in [-0.15, -0.1) is 0 Å². The number of unbranched alkanes of at least 4 members (excludes halogenated alkanes) is 1. The summed E-state index contributed by atoms with van der Waals surface area (Å²) in [6.07, 6.45) is 3.58. The second-order valence-corrected chi connectivity index (χ2v) is 8.73. The molecule has 0 saturated carbocycles. The van der Waals surface area contributed by atoms with Crippen LogP contribution in [0.1, 0.15) is 19.3 Å². The minimum atomic E-state index is -1.87. The van der Waals surface area contributed by atoms with Crippen LogP contribution < -0.4 is 11.1 Å². The van der Waals surface area contributed by atoms with E-state index in [1.54, 1.807) is 14.2 Å². The zero-order chi connectivity index (χ0) is 13.4. The molecule has 3 N–H and O–H groups in total. The van der Waals surface area contributed by atoms with Gasteiger partial charge in [0.1, 0.15) is 0 Å². The van der Waals surface area contributed by atoms with Gasteiger partial charge in [0.05, 0.1) is 6.17 Å². The molecule has 18 heavy (non-hydrogen) atoms. The van der Waals surface area contributed by atoms with Gasteiger partial charge in [-0.1, -0.05) is 12.8 Å². The molecular formula is C12H29N3O2Si. The summed E-state index contributed by atoms with van der Waals surface area (Å²) in [7, 11) is 1.63. The minimum Gasteiger partial charge on any atom is -0.398 e. The standard InChI is InChI=1S/C12H29N3O2Si/c1-16-18(3,17-2)11-5-4-6-12(13)15-9-7-14-8-10-15/h12,14H,4-11,13H2,1-3H3. The first-order valence-electron chi connectivity index (χ1n) is 6.92. The van der Waals surface area contributed by atoms with Crippen molar-refractivity contribution in [3.8, 4) is 0 Å². The van der Waals surface area contributed by atoms with Crippen molar-refractivity contribution < 1.29 is 8.85 Å². The van der Waals surface area contributed by atoms with Gasteiger partial charge in [-0.2, -0.15) is 0 Å². The molecule has 0 aromatic rings. The molecule has 0 amide bonds. The monoisotopic (exact) mass is 275 g/mol. The van der Waals surface area contributed by atoms with Gasteiger partial charge < -0.3 is 19.9 Å². The van der Waals surface area contributed by atoms with Crippen molar-refractivity contribution in [2.45, 2.75) is 38.0 Å². The average molecular weight is 275 g/mol. The van der Waals surface area contributed by atoms with Gasteiger partial charge in [0.25, 0.3) is 0 Å². The molecule has 0 aromatic carbocycles. The van der Waals surface area contributed by atoms with Crippen LogP contribution in [0.15, 0.2) is 0 Å². The molecule has 1 fully saturated rings. The van der Waals surface area contributed by atoms with Crippen molar-refractivity contribution in [1.82, 2.24) is 10.2 Å². The maximum Gasteiger partial charge on any atom is 0.334 e. The Hall–Kier alpha value is 0.0169. The molecule has 0 aromatic heterocycles. The number of nitrogens with zero attached hydrogens (tertiary/aromatic N) is 1. The van der Waals surface area contributed by atoms with Gasteiger partial charge in [-0.25, -0.2) is 0 Å². The molecule has 5 nitrogen and oxygen atoms in total. The fourth-order valence-corrected chi connectivity index (χ4v) is 3.75. The molecule has 1 aliphatic rings. The van der Waals surface area contributed by atoms with Crippen LogP contribution in [0.5, 0.6) is 0 Å². The van der Waals surface area contributed by atoms with Gasteiger partial charge in [0.15, 0.2) is 0 Å². The summed E-state index contributed by atoms with van der Waals surface area (Å²) in [4.78, 5) is 2.37. The molecule has 1 heterocycles. The Balaban J connectivity index is 2.13. The van der Waals surface area contributed by atoms with Crippen LogP contribution >= 0.6 is 0 Å². The maximum atomic E-state index is 6.21. The molecule has 0 bridgehead atoms. The first kappa shape index (κ1) is 16.1. The summed E-state index contributed by atoms with van der Waals surface area (Å²) in [5.74, 6) is 0. The Morgan fingerprint density at radius 2 is 1.83 bits per heavy atom. The zero-order valence-corrected chi connectivity index (χ0v) is 13.1. The Morgan fingerprint density at radius 1 is 1.22 bits per heavy atom. The number of nitrogens with two attached hydrogens (primary N) is 1. The van der Waals surface area contributed by atoms with E-state index in [9.17, 15) is 0 Å². The summed E-state index contributed by atoms with van der Waals surface area (Å²) in [6.45, 7) is 6.38. The summed E-state index contributed by atoms with van der Waals surface area (Å²) in [6, 6.07) is 1.05. The van der Waals surface area contributed by atoms with Gasteiger partial charge in [-0.05, 0) is 19.0 Å². The third-order valence-electron chi connectivity index (χ3n) is 3.86. The quantitative estimate of drug-likeness (QED) is 0.505. The highest BCUT2D eigenvalue weighted by Gasteiger charge is 2.27. The SMILES string of the molecule is CO[Si](C)(CCCCC(N)N1CCNCC1)OC. The largest absolute Gasteiger partial charge is 0.398 e.